The summed E-state index contributed by atoms with van der Waals surface area (Å²) in [6, 6.07) is 4.09. The number of carboxylic acid groups (broad SMARTS) is 1. The molecule has 0 aliphatic rings. The summed E-state index contributed by atoms with van der Waals surface area (Å²) >= 11 is 7.13. The number of benzene rings is 1. The molecule has 0 atom stereocenters. The summed E-state index contributed by atoms with van der Waals surface area (Å²) in [6.07, 6.45) is -0.164. The zero-order valence-electron chi connectivity index (χ0n) is 9.57. The second-order valence-corrected chi connectivity index (χ2v) is 5.22. The van der Waals surface area contributed by atoms with Crippen molar-refractivity contribution in [2.24, 2.45) is 0 Å². The summed E-state index contributed by atoms with van der Waals surface area (Å²) in [5.41, 5.74) is 0. The maximum atomic E-state index is 13.1. The van der Waals surface area contributed by atoms with Crippen molar-refractivity contribution in [3.63, 3.8) is 0 Å². The van der Waals surface area contributed by atoms with Gasteiger partial charge in [-0.3, -0.25) is 9.59 Å². The second-order valence-electron chi connectivity index (χ2n) is 3.79. The highest BCUT2D eigenvalue weighted by atomic mass is 35.5. The highest BCUT2D eigenvalue weighted by Crippen LogP contribution is 2.35. The summed E-state index contributed by atoms with van der Waals surface area (Å²) in [5.74, 6) is -1.85. The smallest absolute Gasteiger partial charge is 0.305 e. The minimum absolute atomic E-state index is 0.0209. The summed E-state index contributed by atoms with van der Waals surface area (Å²) < 4.78 is 13.6. The monoisotopic (exact) mass is 301 g/mol. The first kappa shape index (κ1) is 13.8. The van der Waals surface area contributed by atoms with Crippen LogP contribution in [-0.4, -0.2) is 23.5 Å². The van der Waals surface area contributed by atoms with Gasteiger partial charge < -0.3 is 10.4 Å². The molecule has 0 unspecified atom stereocenters. The van der Waals surface area contributed by atoms with E-state index in [0.717, 1.165) is 11.3 Å². The fourth-order valence-corrected chi connectivity index (χ4v) is 3.01. The molecule has 1 aromatic heterocycles. The van der Waals surface area contributed by atoms with Gasteiger partial charge in [-0.15, -0.1) is 11.3 Å². The Morgan fingerprint density at radius 1 is 1.42 bits per heavy atom. The average Bonchev–Trinajstić information content (AvgIpc) is 2.65. The molecule has 4 nitrogen and oxygen atoms in total. The molecule has 0 saturated heterocycles. The molecule has 0 bridgehead atoms. The van der Waals surface area contributed by atoms with Gasteiger partial charge in [0.1, 0.15) is 10.7 Å². The van der Waals surface area contributed by atoms with E-state index in [9.17, 15) is 14.0 Å². The van der Waals surface area contributed by atoms with Crippen molar-refractivity contribution in [2.45, 2.75) is 6.42 Å². The number of carbonyl (C=O) groups excluding carboxylic acids is 1. The van der Waals surface area contributed by atoms with Crippen LogP contribution in [0.1, 0.15) is 16.1 Å². The van der Waals surface area contributed by atoms with E-state index >= 15 is 0 Å². The standard InChI is InChI=1S/C12H9ClFNO3S/c13-10-7-2-1-6(14)5-8(7)19-11(10)12(18)15-4-3-9(16)17/h1-2,5H,3-4H2,(H,15,18)(H,16,17). The summed E-state index contributed by atoms with van der Waals surface area (Å²) in [6.45, 7) is 0.0209. The molecular weight excluding hydrogens is 293 g/mol. The number of carboxylic acids is 1. The molecule has 0 radical (unpaired) electrons. The number of hydrogen-bond acceptors (Lipinski definition) is 3. The lowest BCUT2D eigenvalue weighted by molar-refractivity contribution is -0.136. The van der Waals surface area contributed by atoms with Crippen LogP contribution in [0.4, 0.5) is 4.39 Å². The number of amides is 1. The van der Waals surface area contributed by atoms with E-state index in [1.165, 1.54) is 18.2 Å². The van der Waals surface area contributed by atoms with Gasteiger partial charge in [0.05, 0.1) is 11.4 Å². The Morgan fingerprint density at radius 2 is 2.16 bits per heavy atom. The van der Waals surface area contributed by atoms with Crippen LogP contribution in [0.25, 0.3) is 10.1 Å². The number of rotatable bonds is 4. The molecule has 1 amide bonds. The lowest BCUT2D eigenvalue weighted by Crippen LogP contribution is -2.25. The van der Waals surface area contributed by atoms with Crippen molar-refractivity contribution in [3.05, 3.63) is 33.9 Å². The van der Waals surface area contributed by atoms with Crippen LogP contribution >= 0.6 is 22.9 Å². The Balaban J connectivity index is 2.22. The van der Waals surface area contributed by atoms with Crippen molar-refractivity contribution >= 4 is 44.9 Å². The first-order chi connectivity index (χ1) is 8.99. The van der Waals surface area contributed by atoms with Crippen LogP contribution in [0.5, 0.6) is 0 Å². The van der Waals surface area contributed by atoms with E-state index in [4.69, 9.17) is 16.7 Å². The molecule has 0 aliphatic carbocycles. The summed E-state index contributed by atoms with van der Waals surface area (Å²) in [5, 5.41) is 11.8. The maximum absolute atomic E-state index is 13.1. The third-order valence-corrected chi connectivity index (χ3v) is 4.08. The minimum Gasteiger partial charge on any atom is -0.481 e. The molecule has 0 spiro atoms. The Labute approximate surface area is 116 Å². The SMILES string of the molecule is O=C(O)CCNC(=O)c1sc2cc(F)ccc2c1Cl. The minimum atomic E-state index is -0.996. The van der Waals surface area contributed by atoms with Crippen molar-refractivity contribution in [1.29, 1.82) is 0 Å². The van der Waals surface area contributed by atoms with Crippen molar-refractivity contribution < 1.29 is 19.1 Å². The van der Waals surface area contributed by atoms with Gasteiger partial charge in [-0.2, -0.15) is 0 Å². The normalized spacial score (nSPS) is 10.6. The highest BCUT2D eigenvalue weighted by molar-refractivity contribution is 7.21. The molecule has 0 saturated carbocycles. The zero-order valence-corrected chi connectivity index (χ0v) is 11.1. The van der Waals surface area contributed by atoms with E-state index in [0.29, 0.717) is 10.1 Å². The number of aliphatic carboxylic acids is 1. The van der Waals surface area contributed by atoms with Gasteiger partial charge in [0.15, 0.2) is 0 Å². The summed E-state index contributed by atoms with van der Waals surface area (Å²) in [7, 11) is 0. The molecule has 19 heavy (non-hydrogen) atoms. The third-order valence-electron chi connectivity index (χ3n) is 2.42. The average molecular weight is 302 g/mol. The first-order valence-electron chi connectivity index (χ1n) is 5.36. The lowest BCUT2D eigenvalue weighted by atomic mass is 10.2. The van der Waals surface area contributed by atoms with E-state index in [-0.39, 0.29) is 22.9 Å². The Bertz CT molecular complexity index is 656. The highest BCUT2D eigenvalue weighted by Gasteiger charge is 2.17. The predicted octanol–water partition coefficient (Wildman–Crippen LogP) is 2.90. The predicted molar refractivity (Wildman–Crippen MR) is 71.4 cm³/mol. The number of fused-ring (bicyclic) bond motifs is 1. The zero-order chi connectivity index (χ0) is 14.0. The van der Waals surface area contributed by atoms with Gasteiger partial charge in [-0.05, 0) is 18.2 Å². The van der Waals surface area contributed by atoms with E-state index < -0.39 is 17.7 Å². The third kappa shape index (κ3) is 3.02. The molecule has 7 heteroatoms. The largest absolute Gasteiger partial charge is 0.481 e. The van der Waals surface area contributed by atoms with Crippen LogP contribution in [-0.2, 0) is 4.79 Å². The van der Waals surface area contributed by atoms with Gasteiger partial charge in [0, 0.05) is 16.6 Å². The van der Waals surface area contributed by atoms with Gasteiger partial charge >= 0.3 is 5.97 Å². The Morgan fingerprint density at radius 3 is 2.84 bits per heavy atom. The lowest BCUT2D eigenvalue weighted by Gasteiger charge is -2.01. The Kier molecular flexibility index (Phi) is 4.01. The molecule has 0 fully saturated rings. The van der Waals surface area contributed by atoms with Gasteiger partial charge in [0.25, 0.3) is 5.91 Å². The van der Waals surface area contributed by atoms with E-state index in [1.54, 1.807) is 0 Å². The fraction of sp³-hybridized carbons (Fsp3) is 0.167. The van der Waals surface area contributed by atoms with E-state index in [1.807, 2.05) is 0 Å². The van der Waals surface area contributed by atoms with E-state index in [2.05, 4.69) is 5.32 Å². The first-order valence-corrected chi connectivity index (χ1v) is 6.56. The number of thiophene rings is 1. The molecule has 2 rings (SSSR count). The number of carbonyl (C=O) groups is 2. The molecule has 2 N–H and O–H groups in total. The number of hydrogen-bond donors (Lipinski definition) is 2. The van der Waals surface area contributed by atoms with Crippen LogP contribution in [0.3, 0.4) is 0 Å². The molecule has 2 aromatic rings. The molecule has 1 heterocycles. The number of nitrogens with one attached hydrogen (secondary N) is 1. The van der Waals surface area contributed by atoms with Crippen LogP contribution in [0, 0.1) is 5.82 Å². The topological polar surface area (TPSA) is 66.4 Å². The molecule has 0 aliphatic heterocycles. The Hall–Kier alpha value is -1.66. The van der Waals surface area contributed by atoms with Crippen molar-refractivity contribution in [3.8, 4) is 0 Å². The molecule has 1 aromatic carbocycles. The van der Waals surface area contributed by atoms with Crippen molar-refractivity contribution in [1.82, 2.24) is 5.32 Å². The molecule has 100 valence electrons. The van der Waals surface area contributed by atoms with Gasteiger partial charge in [-0.1, -0.05) is 11.6 Å². The van der Waals surface area contributed by atoms with Crippen molar-refractivity contribution in [2.75, 3.05) is 6.54 Å². The van der Waals surface area contributed by atoms with Gasteiger partial charge in [-0.25, -0.2) is 4.39 Å². The second kappa shape index (κ2) is 5.54. The molecular formula is C12H9ClFNO3S. The summed E-state index contributed by atoms with van der Waals surface area (Å²) in [4.78, 5) is 22.4. The maximum Gasteiger partial charge on any atom is 0.305 e. The fourth-order valence-electron chi connectivity index (χ4n) is 1.55. The quantitative estimate of drug-likeness (QED) is 0.912. The van der Waals surface area contributed by atoms with Gasteiger partial charge in [0.2, 0.25) is 0 Å². The van der Waals surface area contributed by atoms with Crippen LogP contribution in [0.15, 0.2) is 18.2 Å². The number of halogens is 2. The van der Waals surface area contributed by atoms with Crippen LogP contribution in [0.2, 0.25) is 5.02 Å². The van der Waals surface area contributed by atoms with Crippen LogP contribution < -0.4 is 5.32 Å².